The van der Waals surface area contributed by atoms with Crippen molar-refractivity contribution in [1.29, 1.82) is 0 Å². The van der Waals surface area contributed by atoms with Crippen LogP contribution in [0.4, 0.5) is 5.82 Å². The number of rotatable bonds is 3. The van der Waals surface area contributed by atoms with E-state index in [1.54, 1.807) is 12.5 Å². The number of aromatic nitrogens is 6. The van der Waals surface area contributed by atoms with E-state index in [9.17, 15) is 0 Å². The molecule has 1 saturated carbocycles. The fraction of sp³-hybridized carbons (Fsp3) is 0.278. The highest BCUT2D eigenvalue weighted by Gasteiger charge is 2.16. The average molecular weight is 349 g/mol. The number of H-pyrrole nitrogens is 1. The minimum Gasteiger partial charge on any atom is -0.367 e. The molecule has 1 aliphatic carbocycles. The number of benzene rings is 1. The third kappa shape index (κ3) is 3.69. The Hall–Kier alpha value is -3.29. The van der Waals surface area contributed by atoms with Crippen LogP contribution < -0.4 is 5.32 Å². The molecule has 2 N–H and O–H groups in total. The van der Waals surface area contributed by atoms with E-state index in [4.69, 9.17) is 4.52 Å². The molecule has 5 rings (SSSR count). The van der Waals surface area contributed by atoms with E-state index >= 15 is 0 Å². The first kappa shape index (κ1) is 16.2. The zero-order valence-corrected chi connectivity index (χ0v) is 14.2. The van der Waals surface area contributed by atoms with E-state index < -0.39 is 0 Å². The summed E-state index contributed by atoms with van der Waals surface area (Å²) in [5.74, 6) is 1.46. The lowest BCUT2D eigenvalue weighted by atomic mass is 10.2. The topological polar surface area (TPSA) is 105 Å². The molecule has 0 amide bonds. The highest BCUT2D eigenvalue weighted by Crippen LogP contribution is 2.24. The van der Waals surface area contributed by atoms with Gasteiger partial charge in [-0.3, -0.25) is 5.10 Å². The minimum absolute atomic E-state index is 0.561. The summed E-state index contributed by atoms with van der Waals surface area (Å²) in [6.07, 6.45) is 9.84. The molecule has 0 saturated heterocycles. The Morgan fingerprint density at radius 2 is 1.85 bits per heavy atom. The summed E-state index contributed by atoms with van der Waals surface area (Å²) in [4.78, 5) is 12.3. The fourth-order valence-electron chi connectivity index (χ4n) is 3.02. The van der Waals surface area contributed by atoms with Crippen molar-refractivity contribution < 1.29 is 4.52 Å². The third-order valence-electron chi connectivity index (χ3n) is 4.33. The van der Waals surface area contributed by atoms with E-state index in [0.717, 1.165) is 22.4 Å². The van der Waals surface area contributed by atoms with Crippen LogP contribution in [0.3, 0.4) is 0 Å². The predicted molar refractivity (Wildman–Crippen MR) is 97.3 cm³/mol. The molecular formula is C18H19N7O. The summed E-state index contributed by atoms with van der Waals surface area (Å²) in [5.41, 5.74) is 1.75. The smallest absolute Gasteiger partial charge is 0.257 e. The van der Waals surface area contributed by atoms with Crippen molar-refractivity contribution in [2.45, 2.75) is 31.7 Å². The molecule has 8 heteroatoms. The Morgan fingerprint density at radius 3 is 2.62 bits per heavy atom. The third-order valence-corrected chi connectivity index (χ3v) is 4.33. The van der Waals surface area contributed by atoms with Crippen molar-refractivity contribution in [2.24, 2.45) is 0 Å². The van der Waals surface area contributed by atoms with Crippen molar-refractivity contribution in [3.8, 4) is 11.5 Å². The van der Waals surface area contributed by atoms with Gasteiger partial charge in [0, 0.05) is 11.6 Å². The van der Waals surface area contributed by atoms with E-state index in [1.807, 2.05) is 30.3 Å². The van der Waals surface area contributed by atoms with Gasteiger partial charge in [-0.05, 0) is 25.0 Å². The molecule has 1 fully saturated rings. The van der Waals surface area contributed by atoms with Gasteiger partial charge in [0.05, 0.1) is 11.6 Å². The van der Waals surface area contributed by atoms with E-state index in [2.05, 4.69) is 35.6 Å². The summed E-state index contributed by atoms with van der Waals surface area (Å²) in [6, 6.07) is 10.2. The number of aromatic amines is 1. The highest BCUT2D eigenvalue weighted by molar-refractivity contribution is 5.85. The lowest BCUT2D eigenvalue weighted by Gasteiger charge is -2.12. The van der Waals surface area contributed by atoms with Crippen LogP contribution >= 0.6 is 0 Å². The maximum atomic E-state index is 4.86. The summed E-state index contributed by atoms with van der Waals surface area (Å²) < 4.78 is 4.86. The second-order valence-electron chi connectivity index (χ2n) is 6.09. The van der Waals surface area contributed by atoms with Crippen LogP contribution in [0.2, 0.25) is 0 Å². The van der Waals surface area contributed by atoms with Gasteiger partial charge in [-0.25, -0.2) is 9.97 Å². The average Bonchev–Trinajstić information content (AvgIpc) is 3.45. The molecule has 26 heavy (non-hydrogen) atoms. The molecule has 1 aliphatic rings. The molecule has 3 aromatic heterocycles. The Morgan fingerprint density at radius 1 is 1.00 bits per heavy atom. The van der Waals surface area contributed by atoms with Crippen LogP contribution in [0.1, 0.15) is 25.7 Å². The van der Waals surface area contributed by atoms with Gasteiger partial charge in [0.25, 0.3) is 5.89 Å². The van der Waals surface area contributed by atoms with Crippen molar-refractivity contribution in [3.05, 3.63) is 49.2 Å². The molecule has 8 nitrogen and oxygen atoms in total. The van der Waals surface area contributed by atoms with Gasteiger partial charge in [0.15, 0.2) is 12.0 Å². The first-order valence-electron chi connectivity index (χ1n) is 8.63. The Balaban J connectivity index is 0.000000136. The van der Waals surface area contributed by atoms with E-state index in [1.165, 1.54) is 32.0 Å². The van der Waals surface area contributed by atoms with Crippen LogP contribution in [0.5, 0.6) is 0 Å². The molecule has 0 atom stereocenters. The predicted octanol–water partition coefficient (Wildman–Crippen LogP) is 3.44. The summed E-state index contributed by atoms with van der Waals surface area (Å²) in [7, 11) is 0. The first-order chi connectivity index (χ1) is 12.9. The van der Waals surface area contributed by atoms with Gasteiger partial charge in [-0.2, -0.15) is 10.1 Å². The number of anilines is 1. The second-order valence-corrected chi connectivity index (χ2v) is 6.09. The van der Waals surface area contributed by atoms with Crippen molar-refractivity contribution in [3.63, 3.8) is 0 Å². The number of hydrogen-bond acceptors (Lipinski definition) is 7. The van der Waals surface area contributed by atoms with Crippen LogP contribution in [0.15, 0.2) is 53.7 Å². The number of nitrogens with zero attached hydrogens (tertiary/aromatic N) is 5. The maximum absolute atomic E-state index is 4.86. The highest BCUT2D eigenvalue weighted by atomic mass is 16.5. The number of hydrogen-bond donors (Lipinski definition) is 2. The number of nitrogens with one attached hydrogen (secondary N) is 2. The zero-order chi connectivity index (χ0) is 17.6. The molecule has 0 bridgehead atoms. The normalized spacial score (nSPS) is 14.2. The van der Waals surface area contributed by atoms with Gasteiger partial charge in [-0.15, -0.1) is 0 Å². The largest absolute Gasteiger partial charge is 0.367 e. The van der Waals surface area contributed by atoms with Crippen molar-refractivity contribution >= 4 is 16.9 Å². The Bertz CT molecular complexity index is 931. The molecule has 1 aromatic carbocycles. The summed E-state index contributed by atoms with van der Waals surface area (Å²) in [5, 5.41) is 14.8. The number of fused-ring (bicyclic) bond motifs is 1. The van der Waals surface area contributed by atoms with Crippen LogP contribution in [0, 0.1) is 0 Å². The molecule has 4 aromatic rings. The Kier molecular flexibility index (Phi) is 4.81. The molecule has 3 heterocycles. The Labute approximate surface area is 150 Å². The van der Waals surface area contributed by atoms with E-state index in [0.29, 0.717) is 11.9 Å². The molecule has 132 valence electrons. The molecule has 0 radical (unpaired) electrons. The maximum Gasteiger partial charge on any atom is 0.257 e. The summed E-state index contributed by atoms with van der Waals surface area (Å²) in [6.45, 7) is 0. The fourth-order valence-corrected chi connectivity index (χ4v) is 3.02. The van der Waals surface area contributed by atoms with Crippen molar-refractivity contribution in [2.75, 3.05) is 5.32 Å². The minimum atomic E-state index is 0.561. The lowest BCUT2D eigenvalue weighted by molar-refractivity contribution is 0.430. The van der Waals surface area contributed by atoms with Gasteiger partial charge in [0.1, 0.15) is 12.1 Å². The van der Waals surface area contributed by atoms with E-state index in [-0.39, 0.29) is 0 Å². The van der Waals surface area contributed by atoms with Crippen LogP contribution in [-0.4, -0.2) is 36.3 Å². The molecular weight excluding hydrogens is 330 g/mol. The van der Waals surface area contributed by atoms with Gasteiger partial charge in [-0.1, -0.05) is 36.2 Å². The molecule has 0 unspecified atom stereocenters. The zero-order valence-electron chi connectivity index (χ0n) is 14.2. The second kappa shape index (κ2) is 7.73. The van der Waals surface area contributed by atoms with Crippen LogP contribution in [0.25, 0.3) is 22.5 Å². The molecule has 0 spiro atoms. The quantitative estimate of drug-likeness (QED) is 0.583. The van der Waals surface area contributed by atoms with Crippen molar-refractivity contribution in [1.82, 2.24) is 30.3 Å². The lowest BCUT2D eigenvalue weighted by Crippen LogP contribution is -2.15. The molecule has 0 aliphatic heterocycles. The summed E-state index contributed by atoms with van der Waals surface area (Å²) >= 11 is 0. The first-order valence-corrected chi connectivity index (χ1v) is 8.63. The van der Waals surface area contributed by atoms with Crippen LogP contribution in [-0.2, 0) is 0 Å². The SMILES string of the molecule is c1ccc(-c2ncno2)cc1.c1nc(NC2CCCC2)c2cn[nH]c2n1. The van der Waals surface area contributed by atoms with Gasteiger partial charge < -0.3 is 9.84 Å². The van der Waals surface area contributed by atoms with Gasteiger partial charge in [0.2, 0.25) is 0 Å². The monoisotopic (exact) mass is 349 g/mol. The van der Waals surface area contributed by atoms with Gasteiger partial charge >= 0.3 is 0 Å². The standard InChI is InChI=1S/C10H13N5.C8H6N2O/c1-2-4-7(3-1)14-9-8-5-13-15-10(8)12-6-11-9;1-2-4-7(5-3-1)8-9-6-10-11-8/h5-7H,1-4H2,(H2,11,12,13,14,15);1-6H.